The molecule has 0 aromatic rings. The minimum absolute atomic E-state index is 0.0755. The van der Waals surface area contributed by atoms with Crippen LogP contribution in [0.1, 0.15) is 78.6 Å². The number of aliphatic hydroxyl groups is 1. The van der Waals surface area contributed by atoms with Crippen molar-refractivity contribution in [3.63, 3.8) is 0 Å². The summed E-state index contributed by atoms with van der Waals surface area (Å²) in [6, 6.07) is 0. The lowest BCUT2D eigenvalue weighted by atomic mass is 9.46. The molecule has 4 aliphatic rings. The van der Waals surface area contributed by atoms with Gasteiger partial charge in [-0.05, 0) is 91.9 Å². The molecule has 156 valence electrons. The maximum absolute atomic E-state index is 13.3. The van der Waals surface area contributed by atoms with Crippen molar-refractivity contribution in [3.8, 4) is 0 Å². The van der Waals surface area contributed by atoms with Gasteiger partial charge in [-0.2, -0.15) is 0 Å². The van der Waals surface area contributed by atoms with Crippen molar-refractivity contribution in [2.24, 2.45) is 40.4 Å². The fourth-order valence-electron chi connectivity index (χ4n) is 7.91. The monoisotopic (exact) mass is 388 g/mol. The standard InChI is InChI=1S/C24H36O4/c1-14(4-7-21(27)28)17-5-6-18-22-19(9-11-24(17,18)3)23(2)10-8-16(25)12-15(23)13-20(22)26/h13-14,16-19,22,25H,4-12H2,1-3H3,(H,27,28)/t14-,16+,17-,18+,19+,22+,23+,24-/m1/s1. The molecule has 0 bridgehead atoms. The molecule has 0 aromatic heterocycles. The molecule has 0 unspecified atom stereocenters. The summed E-state index contributed by atoms with van der Waals surface area (Å²) in [5.74, 6) is 1.49. The van der Waals surface area contributed by atoms with E-state index in [9.17, 15) is 14.7 Å². The SMILES string of the molecule is C[C@H](CCC(=O)O)[C@H]1CC[C@H]2[C@@H]3C(=O)C=C4C[C@@H](O)CC[C@]4(C)[C@H]3CC[C@]12C. The molecule has 0 aliphatic heterocycles. The molecule has 4 aliphatic carbocycles. The summed E-state index contributed by atoms with van der Waals surface area (Å²) in [5.41, 5.74) is 1.43. The van der Waals surface area contributed by atoms with E-state index in [0.29, 0.717) is 35.9 Å². The van der Waals surface area contributed by atoms with E-state index in [1.165, 1.54) is 5.57 Å². The zero-order chi connectivity index (χ0) is 20.3. The summed E-state index contributed by atoms with van der Waals surface area (Å²) in [7, 11) is 0. The summed E-state index contributed by atoms with van der Waals surface area (Å²) in [5, 5.41) is 19.2. The van der Waals surface area contributed by atoms with Gasteiger partial charge in [0.25, 0.3) is 0 Å². The predicted octanol–water partition coefficient (Wildman–Crippen LogP) is 4.61. The second kappa shape index (κ2) is 6.97. The average molecular weight is 389 g/mol. The largest absolute Gasteiger partial charge is 0.481 e. The van der Waals surface area contributed by atoms with Crippen LogP contribution in [0.2, 0.25) is 0 Å². The van der Waals surface area contributed by atoms with Crippen LogP contribution in [0, 0.1) is 40.4 Å². The maximum Gasteiger partial charge on any atom is 0.303 e. The number of aliphatic hydroxyl groups excluding tert-OH is 1. The molecule has 3 saturated carbocycles. The van der Waals surface area contributed by atoms with Crippen LogP contribution in [0.25, 0.3) is 0 Å². The number of rotatable bonds is 4. The summed E-state index contributed by atoms with van der Waals surface area (Å²) in [4.78, 5) is 24.3. The Labute approximate surface area is 168 Å². The van der Waals surface area contributed by atoms with Crippen LogP contribution in [0.5, 0.6) is 0 Å². The minimum atomic E-state index is -0.706. The van der Waals surface area contributed by atoms with Gasteiger partial charge in [0.1, 0.15) is 0 Å². The lowest BCUT2D eigenvalue weighted by Gasteiger charge is -2.57. The van der Waals surface area contributed by atoms with Crippen molar-refractivity contribution in [3.05, 3.63) is 11.6 Å². The van der Waals surface area contributed by atoms with Gasteiger partial charge in [-0.15, -0.1) is 0 Å². The molecule has 0 saturated heterocycles. The Bertz CT molecular complexity index is 697. The fraction of sp³-hybridized carbons (Fsp3) is 0.833. The van der Waals surface area contributed by atoms with E-state index in [-0.39, 0.29) is 29.3 Å². The molecule has 4 rings (SSSR count). The third-order valence-electron chi connectivity index (χ3n) is 9.49. The van der Waals surface area contributed by atoms with Gasteiger partial charge in [0, 0.05) is 12.3 Å². The normalized spacial score (nSPS) is 46.2. The van der Waals surface area contributed by atoms with E-state index in [1.807, 2.05) is 6.08 Å². The Hall–Kier alpha value is -1.16. The first-order chi connectivity index (χ1) is 13.2. The minimum Gasteiger partial charge on any atom is -0.481 e. The number of carboxylic acids is 1. The molecular weight excluding hydrogens is 352 g/mol. The number of ketones is 1. The van der Waals surface area contributed by atoms with Gasteiger partial charge in [-0.25, -0.2) is 0 Å². The summed E-state index contributed by atoms with van der Waals surface area (Å²) in [6.45, 7) is 6.96. The molecule has 0 radical (unpaired) electrons. The van der Waals surface area contributed by atoms with Crippen molar-refractivity contribution in [1.29, 1.82) is 0 Å². The van der Waals surface area contributed by atoms with Crippen LogP contribution in [-0.2, 0) is 9.59 Å². The van der Waals surface area contributed by atoms with Crippen molar-refractivity contribution in [2.75, 3.05) is 0 Å². The molecule has 4 nitrogen and oxygen atoms in total. The quantitative estimate of drug-likeness (QED) is 0.738. The van der Waals surface area contributed by atoms with E-state index in [4.69, 9.17) is 5.11 Å². The van der Waals surface area contributed by atoms with Crippen molar-refractivity contribution >= 4 is 11.8 Å². The number of fused-ring (bicyclic) bond motifs is 5. The molecular formula is C24H36O4. The van der Waals surface area contributed by atoms with Crippen LogP contribution in [-0.4, -0.2) is 28.1 Å². The second-order valence-corrected chi connectivity index (χ2v) is 10.8. The Kier molecular flexibility index (Phi) is 5.01. The van der Waals surface area contributed by atoms with Gasteiger partial charge in [0.15, 0.2) is 5.78 Å². The van der Waals surface area contributed by atoms with E-state index < -0.39 is 5.97 Å². The van der Waals surface area contributed by atoms with Gasteiger partial charge in [-0.1, -0.05) is 26.3 Å². The highest BCUT2D eigenvalue weighted by atomic mass is 16.4. The lowest BCUT2D eigenvalue weighted by molar-refractivity contribution is -0.137. The van der Waals surface area contributed by atoms with Gasteiger partial charge in [-0.3, -0.25) is 9.59 Å². The number of carbonyl (C=O) groups excluding carboxylic acids is 1. The molecule has 4 heteroatoms. The molecule has 0 aromatic carbocycles. The molecule has 0 amide bonds. The van der Waals surface area contributed by atoms with E-state index in [2.05, 4.69) is 20.8 Å². The number of carboxylic acid groups (broad SMARTS) is 1. The summed E-state index contributed by atoms with van der Waals surface area (Å²) < 4.78 is 0. The highest BCUT2D eigenvalue weighted by Crippen LogP contribution is 2.66. The highest BCUT2D eigenvalue weighted by Gasteiger charge is 2.61. The first-order valence-corrected chi connectivity index (χ1v) is 11.3. The van der Waals surface area contributed by atoms with Crippen molar-refractivity contribution in [2.45, 2.75) is 84.7 Å². The van der Waals surface area contributed by atoms with Crippen LogP contribution in [0.15, 0.2) is 11.6 Å². The van der Waals surface area contributed by atoms with Crippen molar-refractivity contribution < 1.29 is 19.8 Å². The van der Waals surface area contributed by atoms with E-state index in [1.54, 1.807) is 0 Å². The zero-order valence-corrected chi connectivity index (χ0v) is 17.6. The smallest absolute Gasteiger partial charge is 0.303 e. The van der Waals surface area contributed by atoms with Gasteiger partial charge >= 0.3 is 5.97 Å². The van der Waals surface area contributed by atoms with Crippen LogP contribution in [0.4, 0.5) is 0 Å². The predicted molar refractivity (Wildman–Crippen MR) is 108 cm³/mol. The first-order valence-electron chi connectivity index (χ1n) is 11.3. The van der Waals surface area contributed by atoms with Gasteiger partial charge in [0.05, 0.1) is 6.10 Å². The molecule has 8 atom stereocenters. The first kappa shape index (κ1) is 20.1. The number of aliphatic carboxylic acids is 1. The Morgan fingerprint density at radius 2 is 1.93 bits per heavy atom. The lowest BCUT2D eigenvalue weighted by Crippen LogP contribution is -2.53. The topological polar surface area (TPSA) is 74.6 Å². The van der Waals surface area contributed by atoms with E-state index in [0.717, 1.165) is 44.9 Å². The average Bonchev–Trinajstić information content (AvgIpc) is 2.98. The third-order valence-corrected chi connectivity index (χ3v) is 9.49. The Morgan fingerprint density at radius 3 is 2.64 bits per heavy atom. The summed E-state index contributed by atoms with van der Waals surface area (Å²) in [6.07, 6.45) is 9.60. The zero-order valence-electron chi connectivity index (χ0n) is 17.6. The summed E-state index contributed by atoms with van der Waals surface area (Å²) >= 11 is 0. The second-order valence-electron chi connectivity index (χ2n) is 10.8. The van der Waals surface area contributed by atoms with Gasteiger partial charge < -0.3 is 10.2 Å². The maximum atomic E-state index is 13.3. The van der Waals surface area contributed by atoms with Crippen LogP contribution >= 0.6 is 0 Å². The van der Waals surface area contributed by atoms with Crippen LogP contribution < -0.4 is 0 Å². The number of carbonyl (C=O) groups is 2. The molecule has 28 heavy (non-hydrogen) atoms. The molecule has 2 N–H and O–H groups in total. The van der Waals surface area contributed by atoms with Crippen LogP contribution in [0.3, 0.4) is 0 Å². The molecule has 0 spiro atoms. The Morgan fingerprint density at radius 1 is 1.18 bits per heavy atom. The Balaban J connectivity index is 1.60. The highest BCUT2D eigenvalue weighted by molar-refractivity contribution is 5.94. The molecule has 0 heterocycles. The number of hydrogen-bond donors (Lipinski definition) is 2. The van der Waals surface area contributed by atoms with E-state index >= 15 is 0 Å². The van der Waals surface area contributed by atoms with Crippen molar-refractivity contribution in [1.82, 2.24) is 0 Å². The third kappa shape index (κ3) is 2.98. The van der Waals surface area contributed by atoms with Gasteiger partial charge in [0.2, 0.25) is 0 Å². The molecule has 3 fully saturated rings. The number of allylic oxidation sites excluding steroid dienone is 1. The number of hydrogen-bond acceptors (Lipinski definition) is 3. The fourth-order valence-corrected chi connectivity index (χ4v) is 7.91.